The Bertz CT molecular complexity index is 1850. The minimum absolute atomic E-state index is 0.000687. The second-order valence-electron chi connectivity index (χ2n) is 22.3. The van der Waals surface area contributed by atoms with Crippen molar-refractivity contribution in [2.24, 2.45) is 34.5 Å². The van der Waals surface area contributed by atoms with E-state index in [9.17, 15) is 50.4 Å². The van der Waals surface area contributed by atoms with E-state index in [1.54, 1.807) is 13.8 Å². The standard InChI is InChI=1S/C49H76O20/c1-21-43(67-37-16-31(53)44(22(2)62-37)68-38-17-33(64-24(4)51)45(23(3)63-38)69-46-42(58)41(57)40(56)34(19-50)66-46)30(52)15-36(61-21)65-27-9-11-47(5)26(14-27)7-8-29-28(47)10-12-48(6)39(25-13-35(55)60-20-25)32(54)18-49(29,48)59/h13,21-23,26-34,36-46,50,52-54,56-59H,7-12,14-20H2,1-6H3/t21-,22-,23-,26-,27+,28+,29-,30+,31+,32+,33+,34-,36+,37+,38+,39+,40-,41+,42-,43-,44-,45-,46+,47+,48-,49+/m1/s1. The summed E-state index contributed by atoms with van der Waals surface area (Å²) in [5, 5.41) is 87.5. The summed E-state index contributed by atoms with van der Waals surface area (Å²) in [6.45, 7) is 10.4. The van der Waals surface area contributed by atoms with Gasteiger partial charge in [-0.15, -0.1) is 0 Å². The van der Waals surface area contributed by atoms with E-state index in [0.717, 1.165) is 50.5 Å². The Kier molecular flexibility index (Phi) is 15.1. The summed E-state index contributed by atoms with van der Waals surface area (Å²) in [6, 6.07) is 0. The highest BCUT2D eigenvalue weighted by atomic mass is 16.8. The lowest BCUT2D eigenvalue weighted by Gasteiger charge is -2.63. The zero-order valence-electron chi connectivity index (χ0n) is 40.5. The number of fused-ring (bicyclic) bond motifs is 5. The predicted octanol–water partition coefficient (Wildman–Crippen LogP) is 0.613. The van der Waals surface area contributed by atoms with Crippen LogP contribution in [0, 0.1) is 34.5 Å². The van der Waals surface area contributed by atoms with E-state index in [1.807, 2.05) is 6.92 Å². The molecule has 4 saturated heterocycles. The fourth-order valence-corrected chi connectivity index (χ4v) is 14.7. The van der Waals surface area contributed by atoms with E-state index in [2.05, 4.69) is 13.8 Å². The number of hydrogen-bond acceptors (Lipinski definition) is 20. The van der Waals surface area contributed by atoms with E-state index >= 15 is 0 Å². The molecule has 9 aliphatic rings. The van der Waals surface area contributed by atoms with Crippen molar-refractivity contribution in [2.75, 3.05) is 13.2 Å². The fraction of sp³-hybridized carbons (Fsp3) is 0.918. The third-order valence-electron chi connectivity index (χ3n) is 18.2. The summed E-state index contributed by atoms with van der Waals surface area (Å²) in [5.41, 5.74) is -0.809. The lowest BCUT2D eigenvalue weighted by molar-refractivity contribution is -0.355. The highest BCUT2D eigenvalue weighted by Gasteiger charge is 2.70. The van der Waals surface area contributed by atoms with Gasteiger partial charge in [0.05, 0.1) is 54.9 Å². The van der Waals surface area contributed by atoms with Gasteiger partial charge in [-0.05, 0) is 94.5 Å². The molecule has 0 aromatic heterocycles. The Morgan fingerprint density at radius 3 is 1.93 bits per heavy atom. The van der Waals surface area contributed by atoms with E-state index < -0.39 is 134 Å². The smallest absolute Gasteiger partial charge is 0.331 e. The van der Waals surface area contributed by atoms with Crippen molar-refractivity contribution in [1.82, 2.24) is 0 Å². The van der Waals surface area contributed by atoms with Crippen LogP contribution in [0.5, 0.6) is 0 Å². The molecule has 69 heavy (non-hydrogen) atoms. The maximum absolute atomic E-state index is 12.6. The first-order valence-corrected chi connectivity index (χ1v) is 25.3. The molecule has 0 spiro atoms. The minimum Gasteiger partial charge on any atom is -0.459 e. The summed E-state index contributed by atoms with van der Waals surface area (Å²) >= 11 is 0. The molecule has 4 saturated carbocycles. The Morgan fingerprint density at radius 1 is 0.710 bits per heavy atom. The monoisotopic (exact) mass is 984 g/mol. The van der Waals surface area contributed by atoms with Gasteiger partial charge in [0.1, 0.15) is 55.4 Å². The number of aliphatic hydroxyl groups is 8. The van der Waals surface area contributed by atoms with Gasteiger partial charge in [-0.2, -0.15) is 0 Å². The molecule has 20 heteroatoms. The zero-order valence-corrected chi connectivity index (χ0v) is 40.5. The molecule has 0 unspecified atom stereocenters. The van der Waals surface area contributed by atoms with Gasteiger partial charge in [0.2, 0.25) is 0 Å². The van der Waals surface area contributed by atoms with Gasteiger partial charge in [0.15, 0.2) is 25.2 Å². The quantitative estimate of drug-likeness (QED) is 0.104. The molecule has 0 amide bonds. The summed E-state index contributed by atoms with van der Waals surface area (Å²) in [6.07, 6.45) is -10.8. The van der Waals surface area contributed by atoms with Crippen molar-refractivity contribution >= 4 is 11.9 Å². The number of hydrogen-bond donors (Lipinski definition) is 8. The number of ether oxygens (including phenoxy) is 10. The van der Waals surface area contributed by atoms with Crippen molar-refractivity contribution < 1.29 is 97.8 Å². The van der Waals surface area contributed by atoms with Crippen LogP contribution >= 0.6 is 0 Å². The van der Waals surface area contributed by atoms with Gasteiger partial charge in [-0.1, -0.05) is 13.8 Å². The lowest BCUT2D eigenvalue weighted by atomic mass is 9.43. The molecule has 5 heterocycles. The van der Waals surface area contributed by atoms with E-state index in [1.165, 1.54) is 13.0 Å². The van der Waals surface area contributed by atoms with Crippen LogP contribution < -0.4 is 0 Å². The Labute approximate surface area is 402 Å². The molecule has 0 aromatic carbocycles. The van der Waals surface area contributed by atoms with Crippen LogP contribution in [0.4, 0.5) is 0 Å². The number of aliphatic hydroxyl groups excluding tert-OH is 7. The third kappa shape index (κ3) is 9.59. The van der Waals surface area contributed by atoms with Gasteiger partial charge in [-0.25, -0.2) is 4.79 Å². The normalized spacial score (nSPS) is 53.3. The summed E-state index contributed by atoms with van der Waals surface area (Å²) in [7, 11) is 0. The van der Waals surface area contributed by atoms with Crippen molar-refractivity contribution in [3.63, 3.8) is 0 Å². The summed E-state index contributed by atoms with van der Waals surface area (Å²) < 4.78 is 60.1. The van der Waals surface area contributed by atoms with Crippen LogP contribution in [0.1, 0.15) is 112 Å². The Hall–Kier alpha value is -1.96. The Balaban J connectivity index is 0.749. The molecule has 5 aliphatic heterocycles. The van der Waals surface area contributed by atoms with Crippen LogP contribution in [0.2, 0.25) is 0 Å². The molecule has 4 aliphatic carbocycles. The van der Waals surface area contributed by atoms with Gasteiger partial charge in [0.25, 0.3) is 0 Å². The summed E-state index contributed by atoms with van der Waals surface area (Å²) in [4.78, 5) is 24.2. The number of cyclic esters (lactones) is 1. The molecule has 392 valence electrons. The fourth-order valence-electron chi connectivity index (χ4n) is 14.7. The van der Waals surface area contributed by atoms with Crippen molar-refractivity contribution in [3.05, 3.63) is 11.6 Å². The number of esters is 2. The SMILES string of the molecule is CC(=O)O[C@H]1C[C@H](O[C@H]2[C@@H](O)C[C@H](O[C@H]3[C@@H](O)C[C@H](O[C@H]4CC[C@@]5(C)[C@H](CC[C@@H]6[C@@H]5CC[C@]5(C)[C@@H](C7=CC(=O)OC7)[C@@H](O)C[C@]65O)C4)O[C@@H]3C)O[C@@H]2C)O[C@H](C)[C@H]1O[C@@H]1O[C@H](CO)[C@@H](O)[C@H](O)[C@H]1O. The molecular formula is C49H76O20. The lowest BCUT2D eigenvalue weighted by Crippen LogP contribution is -2.62. The molecule has 20 nitrogen and oxygen atoms in total. The van der Waals surface area contributed by atoms with Gasteiger partial charge >= 0.3 is 11.9 Å². The average molecular weight is 985 g/mol. The largest absolute Gasteiger partial charge is 0.459 e. The molecule has 0 radical (unpaired) electrons. The van der Waals surface area contributed by atoms with Gasteiger partial charge < -0.3 is 88.2 Å². The zero-order chi connectivity index (χ0) is 49.5. The van der Waals surface area contributed by atoms with Crippen molar-refractivity contribution in [1.29, 1.82) is 0 Å². The van der Waals surface area contributed by atoms with Gasteiger partial charge in [-0.3, -0.25) is 4.79 Å². The first-order valence-electron chi connectivity index (χ1n) is 25.3. The second-order valence-corrected chi connectivity index (χ2v) is 22.3. The maximum atomic E-state index is 12.6. The molecule has 0 bridgehead atoms. The number of carbonyl (C=O) groups excluding carboxylic acids is 2. The van der Waals surface area contributed by atoms with Gasteiger partial charge in [0, 0.05) is 50.0 Å². The second kappa shape index (κ2) is 20.0. The first kappa shape index (κ1) is 51.9. The molecular weight excluding hydrogens is 909 g/mol. The molecule has 9 rings (SSSR count). The predicted molar refractivity (Wildman–Crippen MR) is 235 cm³/mol. The molecule has 26 atom stereocenters. The topological polar surface area (TPSA) is 288 Å². The van der Waals surface area contributed by atoms with Crippen LogP contribution in [0.25, 0.3) is 0 Å². The molecule has 8 fully saturated rings. The number of carbonyl (C=O) groups is 2. The average Bonchev–Trinajstić information content (AvgIpc) is 3.79. The highest BCUT2D eigenvalue weighted by molar-refractivity contribution is 5.85. The minimum atomic E-state index is -1.68. The third-order valence-corrected chi connectivity index (χ3v) is 18.2. The van der Waals surface area contributed by atoms with Crippen LogP contribution in [0.3, 0.4) is 0 Å². The van der Waals surface area contributed by atoms with E-state index in [0.29, 0.717) is 18.3 Å². The number of rotatable bonds is 11. The first-order chi connectivity index (χ1) is 32.6. The van der Waals surface area contributed by atoms with E-state index in [4.69, 9.17) is 47.4 Å². The highest BCUT2D eigenvalue weighted by Crippen LogP contribution is 2.70. The Morgan fingerprint density at radius 2 is 1.33 bits per heavy atom. The molecule has 0 aromatic rings. The maximum Gasteiger partial charge on any atom is 0.331 e. The van der Waals surface area contributed by atoms with Crippen LogP contribution in [-0.2, 0) is 57.0 Å². The van der Waals surface area contributed by atoms with Crippen molar-refractivity contribution in [2.45, 2.75) is 234 Å². The van der Waals surface area contributed by atoms with Crippen LogP contribution in [0.15, 0.2) is 11.6 Å². The van der Waals surface area contributed by atoms with Crippen LogP contribution in [-0.4, -0.2) is 188 Å². The van der Waals surface area contributed by atoms with E-state index in [-0.39, 0.29) is 55.2 Å². The summed E-state index contributed by atoms with van der Waals surface area (Å²) in [5.74, 6) is -0.609. The molecule has 8 N–H and O–H groups in total. The van der Waals surface area contributed by atoms with Crippen molar-refractivity contribution in [3.8, 4) is 0 Å².